The van der Waals surface area contributed by atoms with Gasteiger partial charge in [-0.15, -0.1) is 10.2 Å². The van der Waals surface area contributed by atoms with Gasteiger partial charge in [-0.25, -0.2) is 0 Å². The zero-order chi connectivity index (χ0) is 15.8. The molecule has 0 aliphatic carbocycles. The summed E-state index contributed by atoms with van der Waals surface area (Å²) in [4.78, 5) is 0. The maximum absolute atomic E-state index is 9.07. The first kappa shape index (κ1) is 14.3. The molecule has 6 nitrogen and oxygen atoms in total. The second kappa shape index (κ2) is 5.70. The van der Waals surface area contributed by atoms with Gasteiger partial charge < -0.3 is 8.83 Å². The van der Waals surface area contributed by atoms with Gasteiger partial charge in [-0.2, -0.15) is 9.64 Å². The second-order valence-corrected chi connectivity index (χ2v) is 6.72. The minimum atomic E-state index is 0.178. The summed E-state index contributed by atoms with van der Waals surface area (Å²) >= 11 is 8.10. The number of halogens is 1. The van der Waals surface area contributed by atoms with Crippen molar-refractivity contribution in [3.8, 4) is 17.7 Å². The summed E-state index contributed by atoms with van der Waals surface area (Å²) in [6.07, 6.45) is 0. The molecule has 0 N–H and O–H groups in total. The normalized spacial score (nSPS) is 11.0. The molecule has 0 aliphatic heterocycles. The Balaban J connectivity index is 1.65. The molecule has 4 rings (SSSR count). The Bertz CT molecular complexity index is 1010. The summed E-state index contributed by atoms with van der Waals surface area (Å²) in [6, 6.07) is 11.5. The number of para-hydroxylation sites is 1. The summed E-state index contributed by atoms with van der Waals surface area (Å²) < 4.78 is 15.8. The second-order valence-electron chi connectivity index (χ2n) is 4.37. The van der Waals surface area contributed by atoms with E-state index in [1.807, 2.05) is 36.4 Å². The SMILES string of the molecule is N#Cc1c(Cl)nsc1Sc1nnc(-c2cc3ccccc3o2)o1. The zero-order valence-corrected chi connectivity index (χ0v) is 13.6. The van der Waals surface area contributed by atoms with Crippen molar-refractivity contribution in [3.63, 3.8) is 0 Å². The Kier molecular flexibility index (Phi) is 3.53. The molecular formula is C14H5ClN4O2S2. The third-order valence-corrected chi connectivity index (χ3v) is 5.17. The quantitative estimate of drug-likeness (QED) is 0.526. The van der Waals surface area contributed by atoms with Gasteiger partial charge in [0, 0.05) is 5.39 Å². The van der Waals surface area contributed by atoms with Crippen LogP contribution in [0.2, 0.25) is 5.15 Å². The van der Waals surface area contributed by atoms with Crippen LogP contribution in [0.15, 0.2) is 48.6 Å². The van der Waals surface area contributed by atoms with Crippen LogP contribution in [0.3, 0.4) is 0 Å². The lowest BCUT2D eigenvalue weighted by Gasteiger charge is -1.90. The third kappa shape index (κ3) is 2.59. The lowest BCUT2D eigenvalue weighted by molar-refractivity contribution is 0.452. The van der Waals surface area contributed by atoms with Crippen LogP contribution in [0.25, 0.3) is 22.6 Å². The molecular weight excluding hydrogens is 356 g/mol. The third-order valence-electron chi connectivity index (χ3n) is 2.95. The Labute approximate surface area is 142 Å². The van der Waals surface area contributed by atoms with Crippen LogP contribution in [-0.2, 0) is 0 Å². The molecule has 3 heterocycles. The highest BCUT2D eigenvalue weighted by molar-refractivity contribution is 8.00. The van der Waals surface area contributed by atoms with Gasteiger partial charge in [0.1, 0.15) is 21.4 Å². The topological polar surface area (TPSA) is 88.7 Å². The molecule has 23 heavy (non-hydrogen) atoms. The fraction of sp³-hybridized carbons (Fsp3) is 0. The van der Waals surface area contributed by atoms with E-state index in [0.29, 0.717) is 15.5 Å². The summed E-state index contributed by atoms with van der Waals surface area (Å²) in [5, 5.41) is 18.4. The number of nitriles is 1. The molecule has 0 radical (unpaired) electrons. The number of benzene rings is 1. The van der Waals surface area contributed by atoms with Crippen LogP contribution < -0.4 is 0 Å². The first-order chi connectivity index (χ1) is 11.2. The van der Waals surface area contributed by atoms with E-state index >= 15 is 0 Å². The molecule has 0 fully saturated rings. The first-order valence-corrected chi connectivity index (χ1v) is 8.27. The molecule has 0 saturated carbocycles. The molecule has 0 atom stereocenters. The van der Waals surface area contributed by atoms with E-state index in [2.05, 4.69) is 14.6 Å². The molecule has 0 amide bonds. The van der Waals surface area contributed by atoms with E-state index in [-0.39, 0.29) is 16.3 Å². The van der Waals surface area contributed by atoms with Crippen molar-refractivity contribution in [1.29, 1.82) is 5.26 Å². The fourth-order valence-corrected chi connectivity index (χ4v) is 3.86. The number of hydrogen-bond donors (Lipinski definition) is 0. The lowest BCUT2D eigenvalue weighted by Crippen LogP contribution is -1.75. The number of nitrogens with zero attached hydrogens (tertiary/aromatic N) is 4. The number of rotatable bonds is 3. The predicted molar refractivity (Wildman–Crippen MR) is 85.5 cm³/mol. The van der Waals surface area contributed by atoms with E-state index in [1.165, 1.54) is 0 Å². The van der Waals surface area contributed by atoms with Gasteiger partial charge in [-0.3, -0.25) is 0 Å². The molecule has 112 valence electrons. The van der Waals surface area contributed by atoms with E-state index in [9.17, 15) is 0 Å². The maximum atomic E-state index is 9.07. The van der Waals surface area contributed by atoms with Crippen LogP contribution in [-0.4, -0.2) is 14.6 Å². The minimum absolute atomic E-state index is 0.178. The lowest BCUT2D eigenvalue weighted by atomic mass is 10.2. The van der Waals surface area contributed by atoms with Crippen molar-refractivity contribution in [3.05, 3.63) is 41.0 Å². The van der Waals surface area contributed by atoms with Crippen molar-refractivity contribution in [1.82, 2.24) is 14.6 Å². The standard InChI is InChI=1S/C14H5ClN4O2S2/c15-11-8(6-16)13(23-19-11)22-14-18-17-12(21-14)10-5-7-3-1-2-4-9(7)20-10/h1-5H. The molecule has 0 saturated heterocycles. The molecule has 1 aromatic carbocycles. The highest BCUT2D eigenvalue weighted by Gasteiger charge is 2.18. The summed E-state index contributed by atoms with van der Waals surface area (Å²) in [5.41, 5.74) is 1.06. The Morgan fingerprint density at radius 3 is 2.91 bits per heavy atom. The summed E-state index contributed by atoms with van der Waals surface area (Å²) in [5.74, 6) is 0.770. The van der Waals surface area contributed by atoms with Crippen LogP contribution in [0.4, 0.5) is 0 Å². The number of fused-ring (bicyclic) bond motifs is 1. The van der Waals surface area contributed by atoms with Gasteiger partial charge >= 0.3 is 0 Å². The Morgan fingerprint density at radius 2 is 2.09 bits per heavy atom. The first-order valence-electron chi connectivity index (χ1n) is 6.30. The van der Waals surface area contributed by atoms with Gasteiger partial charge in [0.15, 0.2) is 10.9 Å². The van der Waals surface area contributed by atoms with Crippen molar-refractivity contribution in [2.45, 2.75) is 9.43 Å². The summed E-state index contributed by atoms with van der Waals surface area (Å²) in [7, 11) is 0. The van der Waals surface area contributed by atoms with E-state index in [0.717, 1.165) is 34.3 Å². The van der Waals surface area contributed by atoms with Crippen molar-refractivity contribution >= 4 is 45.9 Å². The van der Waals surface area contributed by atoms with Gasteiger partial charge in [0.25, 0.3) is 11.1 Å². The summed E-state index contributed by atoms with van der Waals surface area (Å²) in [6.45, 7) is 0. The molecule has 0 spiro atoms. The minimum Gasteiger partial charge on any atom is -0.451 e. The fourth-order valence-electron chi connectivity index (χ4n) is 1.94. The largest absolute Gasteiger partial charge is 0.451 e. The molecule has 0 bridgehead atoms. The van der Waals surface area contributed by atoms with Crippen LogP contribution >= 0.6 is 34.9 Å². The monoisotopic (exact) mass is 360 g/mol. The van der Waals surface area contributed by atoms with Crippen molar-refractivity contribution in [2.75, 3.05) is 0 Å². The Morgan fingerprint density at radius 1 is 1.22 bits per heavy atom. The predicted octanol–water partition coefficient (Wildman–Crippen LogP) is 4.62. The zero-order valence-electron chi connectivity index (χ0n) is 11.2. The smallest absolute Gasteiger partial charge is 0.284 e. The van der Waals surface area contributed by atoms with E-state index < -0.39 is 0 Å². The molecule has 9 heteroatoms. The van der Waals surface area contributed by atoms with Crippen LogP contribution in [0.5, 0.6) is 0 Å². The number of hydrogen-bond acceptors (Lipinski definition) is 8. The molecule has 4 aromatic rings. The van der Waals surface area contributed by atoms with Gasteiger partial charge in [0.05, 0.1) is 0 Å². The van der Waals surface area contributed by atoms with E-state index in [4.69, 9.17) is 25.7 Å². The maximum Gasteiger partial charge on any atom is 0.284 e. The van der Waals surface area contributed by atoms with Gasteiger partial charge in [-0.1, -0.05) is 29.8 Å². The highest BCUT2D eigenvalue weighted by Crippen LogP contribution is 2.37. The number of furan rings is 1. The molecule has 3 aromatic heterocycles. The average Bonchev–Trinajstić information content (AvgIpc) is 3.26. The van der Waals surface area contributed by atoms with Crippen molar-refractivity contribution < 1.29 is 8.83 Å². The van der Waals surface area contributed by atoms with Crippen molar-refractivity contribution in [2.24, 2.45) is 0 Å². The van der Waals surface area contributed by atoms with Gasteiger partial charge in [0.2, 0.25) is 0 Å². The van der Waals surface area contributed by atoms with Crippen LogP contribution in [0.1, 0.15) is 5.56 Å². The number of aromatic nitrogens is 3. The highest BCUT2D eigenvalue weighted by atomic mass is 35.5. The van der Waals surface area contributed by atoms with Crippen LogP contribution in [0, 0.1) is 11.3 Å². The Hall–Kier alpha value is -2.34. The molecule has 0 aliphatic rings. The average molecular weight is 361 g/mol. The van der Waals surface area contributed by atoms with Gasteiger partial charge in [-0.05, 0) is 35.4 Å². The molecule has 0 unspecified atom stereocenters. The van der Waals surface area contributed by atoms with E-state index in [1.54, 1.807) is 0 Å².